The van der Waals surface area contributed by atoms with E-state index in [1.807, 2.05) is 24.3 Å². The van der Waals surface area contributed by atoms with Gasteiger partial charge in [-0.15, -0.1) is 0 Å². The van der Waals surface area contributed by atoms with Gasteiger partial charge in [0.05, 0.1) is 6.61 Å². The first-order chi connectivity index (χ1) is 8.63. The molecular formula is C15H20N2O. The normalized spacial score (nSPS) is 10.7. The van der Waals surface area contributed by atoms with Crippen LogP contribution < -0.4 is 5.32 Å². The Morgan fingerprint density at radius 3 is 2.50 bits per heavy atom. The van der Waals surface area contributed by atoms with Gasteiger partial charge in [0, 0.05) is 36.2 Å². The number of hydrogen-bond acceptors (Lipinski definition) is 2. The molecule has 3 heteroatoms. The Morgan fingerprint density at radius 2 is 1.89 bits per heavy atom. The van der Waals surface area contributed by atoms with E-state index in [1.54, 1.807) is 0 Å². The van der Waals surface area contributed by atoms with E-state index in [0.29, 0.717) is 0 Å². The van der Waals surface area contributed by atoms with Crippen molar-refractivity contribution in [2.75, 3.05) is 5.32 Å². The lowest BCUT2D eigenvalue weighted by molar-refractivity contribution is 0.282. The molecular weight excluding hydrogens is 224 g/mol. The summed E-state index contributed by atoms with van der Waals surface area (Å²) in [4.78, 5) is 0. The van der Waals surface area contributed by atoms with Gasteiger partial charge in [-0.25, -0.2) is 0 Å². The first-order valence-electron chi connectivity index (χ1n) is 6.18. The number of aliphatic hydroxyl groups is 1. The molecule has 0 aliphatic heterocycles. The van der Waals surface area contributed by atoms with Gasteiger partial charge in [0.25, 0.3) is 0 Å². The highest BCUT2D eigenvalue weighted by Gasteiger charge is 2.06. The largest absolute Gasteiger partial charge is 0.392 e. The lowest BCUT2D eigenvalue weighted by Crippen LogP contribution is -2.03. The summed E-state index contributed by atoms with van der Waals surface area (Å²) in [7, 11) is 2.08. The van der Waals surface area contributed by atoms with Crippen molar-refractivity contribution in [3.05, 3.63) is 52.8 Å². The Kier molecular flexibility index (Phi) is 3.72. The topological polar surface area (TPSA) is 37.2 Å². The van der Waals surface area contributed by atoms with E-state index in [9.17, 15) is 5.11 Å². The van der Waals surface area contributed by atoms with E-state index in [4.69, 9.17) is 0 Å². The molecule has 18 heavy (non-hydrogen) atoms. The predicted molar refractivity (Wildman–Crippen MR) is 74.6 cm³/mol. The van der Waals surface area contributed by atoms with Crippen LogP contribution in [0.5, 0.6) is 0 Å². The zero-order valence-electron chi connectivity index (χ0n) is 11.2. The Labute approximate surface area is 108 Å². The lowest BCUT2D eigenvalue weighted by Gasteiger charge is -2.10. The van der Waals surface area contributed by atoms with Gasteiger partial charge < -0.3 is 15.0 Å². The molecule has 1 heterocycles. The fourth-order valence-corrected chi connectivity index (χ4v) is 2.13. The second kappa shape index (κ2) is 5.27. The summed E-state index contributed by atoms with van der Waals surface area (Å²) in [5, 5.41) is 12.7. The lowest BCUT2D eigenvalue weighted by atomic mass is 10.1. The predicted octanol–water partition coefficient (Wildman–Crippen LogP) is 2.75. The molecule has 1 aromatic carbocycles. The van der Waals surface area contributed by atoms with Crippen molar-refractivity contribution in [3.63, 3.8) is 0 Å². The van der Waals surface area contributed by atoms with Crippen LogP contribution >= 0.6 is 0 Å². The van der Waals surface area contributed by atoms with Crippen molar-refractivity contribution in [3.8, 4) is 0 Å². The van der Waals surface area contributed by atoms with Gasteiger partial charge in [0.1, 0.15) is 0 Å². The molecule has 0 radical (unpaired) electrons. The Hall–Kier alpha value is -1.74. The summed E-state index contributed by atoms with van der Waals surface area (Å²) in [6.45, 7) is 5.08. The fraction of sp³-hybridized carbons (Fsp3) is 0.333. The number of hydrogen-bond donors (Lipinski definition) is 2. The standard InChI is InChI=1S/C15H20N2O/c1-11-8-14(12(2)17(11)3)9-16-15-7-5-4-6-13(15)10-18/h4-8,16,18H,9-10H2,1-3H3. The third-order valence-electron chi connectivity index (χ3n) is 3.54. The van der Waals surface area contributed by atoms with Gasteiger partial charge in [0.15, 0.2) is 0 Å². The van der Waals surface area contributed by atoms with Crippen molar-refractivity contribution >= 4 is 5.69 Å². The molecule has 0 spiro atoms. The van der Waals surface area contributed by atoms with Crippen molar-refractivity contribution in [1.82, 2.24) is 4.57 Å². The number of nitrogens with zero attached hydrogens (tertiary/aromatic N) is 1. The molecule has 0 amide bonds. The molecule has 0 aliphatic rings. The van der Waals surface area contributed by atoms with Crippen LogP contribution in [0.15, 0.2) is 30.3 Å². The van der Waals surface area contributed by atoms with E-state index >= 15 is 0 Å². The van der Waals surface area contributed by atoms with E-state index in [2.05, 4.69) is 36.8 Å². The van der Waals surface area contributed by atoms with Crippen LogP contribution in [-0.4, -0.2) is 9.67 Å². The fourth-order valence-electron chi connectivity index (χ4n) is 2.13. The highest BCUT2D eigenvalue weighted by Crippen LogP contribution is 2.18. The minimum atomic E-state index is 0.0654. The van der Waals surface area contributed by atoms with E-state index < -0.39 is 0 Å². The second-order valence-corrected chi connectivity index (χ2v) is 4.62. The Morgan fingerprint density at radius 1 is 1.17 bits per heavy atom. The van der Waals surface area contributed by atoms with Crippen molar-refractivity contribution in [2.24, 2.45) is 7.05 Å². The number of aliphatic hydroxyl groups excluding tert-OH is 1. The maximum absolute atomic E-state index is 9.27. The molecule has 0 saturated carbocycles. The number of benzene rings is 1. The number of aromatic nitrogens is 1. The summed E-state index contributed by atoms with van der Waals surface area (Å²) in [6.07, 6.45) is 0. The van der Waals surface area contributed by atoms with Crippen molar-refractivity contribution in [1.29, 1.82) is 0 Å². The van der Waals surface area contributed by atoms with Crippen molar-refractivity contribution in [2.45, 2.75) is 27.0 Å². The molecule has 0 unspecified atom stereocenters. The molecule has 0 fully saturated rings. The van der Waals surface area contributed by atoms with Crippen LogP contribution in [0.3, 0.4) is 0 Å². The Bertz CT molecular complexity index is 543. The number of rotatable bonds is 4. The number of aryl methyl sites for hydroxylation is 1. The molecule has 2 rings (SSSR count). The second-order valence-electron chi connectivity index (χ2n) is 4.62. The average Bonchev–Trinajstić information content (AvgIpc) is 2.64. The van der Waals surface area contributed by atoms with E-state index in [1.165, 1.54) is 17.0 Å². The number of nitrogens with one attached hydrogen (secondary N) is 1. The summed E-state index contributed by atoms with van der Waals surface area (Å²) >= 11 is 0. The van der Waals surface area contributed by atoms with Gasteiger partial charge in [-0.2, -0.15) is 0 Å². The van der Waals surface area contributed by atoms with E-state index in [0.717, 1.165) is 17.8 Å². The molecule has 96 valence electrons. The minimum Gasteiger partial charge on any atom is -0.392 e. The zero-order chi connectivity index (χ0) is 13.1. The van der Waals surface area contributed by atoms with Gasteiger partial charge in [-0.1, -0.05) is 18.2 Å². The SMILES string of the molecule is Cc1cc(CNc2ccccc2CO)c(C)n1C. The summed E-state index contributed by atoms with van der Waals surface area (Å²) in [5.41, 5.74) is 5.77. The molecule has 0 bridgehead atoms. The van der Waals surface area contributed by atoms with Crippen LogP contribution in [0.2, 0.25) is 0 Å². The summed E-state index contributed by atoms with van der Waals surface area (Å²) < 4.78 is 2.19. The monoisotopic (exact) mass is 244 g/mol. The first kappa shape index (κ1) is 12.7. The third-order valence-corrected chi connectivity index (χ3v) is 3.54. The first-order valence-corrected chi connectivity index (χ1v) is 6.18. The molecule has 2 N–H and O–H groups in total. The molecule has 0 aliphatic carbocycles. The summed E-state index contributed by atoms with van der Waals surface area (Å²) in [5.74, 6) is 0. The minimum absolute atomic E-state index is 0.0654. The van der Waals surface area contributed by atoms with Crippen molar-refractivity contribution < 1.29 is 5.11 Å². The molecule has 0 saturated heterocycles. The van der Waals surface area contributed by atoms with Crippen LogP contribution in [0.4, 0.5) is 5.69 Å². The van der Waals surface area contributed by atoms with Gasteiger partial charge in [-0.05, 0) is 31.5 Å². The molecule has 1 aromatic heterocycles. The van der Waals surface area contributed by atoms with Gasteiger partial charge in [-0.3, -0.25) is 0 Å². The van der Waals surface area contributed by atoms with Gasteiger partial charge >= 0.3 is 0 Å². The van der Waals surface area contributed by atoms with Crippen LogP contribution in [0.25, 0.3) is 0 Å². The van der Waals surface area contributed by atoms with Crippen LogP contribution in [-0.2, 0) is 20.2 Å². The molecule has 0 atom stereocenters. The molecule has 2 aromatic rings. The number of anilines is 1. The van der Waals surface area contributed by atoms with Gasteiger partial charge in [0.2, 0.25) is 0 Å². The quantitative estimate of drug-likeness (QED) is 0.867. The maximum Gasteiger partial charge on any atom is 0.0701 e. The zero-order valence-corrected chi connectivity index (χ0v) is 11.2. The van der Waals surface area contributed by atoms with Crippen LogP contribution in [0, 0.1) is 13.8 Å². The number of para-hydroxylation sites is 1. The highest BCUT2D eigenvalue weighted by atomic mass is 16.3. The van der Waals surface area contributed by atoms with Crippen LogP contribution in [0.1, 0.15) is 22.5 Å². The average molecular weight is 244 g/mol. The molecule has 3 nitrogen and oxygen atoms in total. The smallest absolute Gasteiger partial charge is 0.0701 e. The maximum atomic E-state index is 9.27. The van der Waals surface area contributed by atoms with E-state index in [-0.39, 0.29) is 6.61 Å². The Balaban J connectivity index is 2.14. The third kappa shape index (κ3) is 2.41. The summed E-state index contributed by atoms with van der Waals surface area (Å²) in [6, 6.07) is 10.0. The highest BCUT2D eigenvalue weighted by molar-refractivity contribution is 5.51.